The minimum atomic E-state index is -0.863. The van der Waals surface area contributed by atoms with Gasteiger partial charge in [0, 0.05) is 12.1 Å². The summed E-state index contributed by atoms with van der Waals surface area (Å²) in [5.74, 6) is -2.11. The molecule has 3 N–H and O–H groups in total. The minimum absolute atomic E-state index is 0.0652. The lowest BCUT2D eigenvalue weighted by molar-refractivity contribution is 0.0944. The number of aromatic hydroxyl groups is 1. The van der Waals surface area contributed by atoms with Gasteiger partial charge in [0.1, 0.15) is 17.4 Å². The van der Waals surface area contributed by atoms with Crippen molar-refractivity contribution in [2.45, 2.75) is 6.54 Å². The number of benzene rings is 2. The predicted octanol–water partition coefficient (Wildman–Crippen LogP) is 1.37. The van der Waals surface area contributed by atoms with Crippen molar-refractivity contribution in [1.82, 2.24) is 20.4 Å². The fraction of sp³-hybridized carbons (Fsp3) is 0.0588. The average molecular weight is 373 g/mol. The van der Waals surface area contributed by atoms with Crippen LogP contribution in [0.15, 0.2) is 52.4 Å². The lowest BCUT2D eigenvalue weighted by atomic mass is 10.2. The summed E-state index contributed by atoms with van der Waals surface area (Å²) < 4.78 is 26.7. The van der Waals surface area contributed by atoms with Crippen molar-refractivity contribution in [3.63, 3.8) is 0 Å². The van der Waals surface area contributed by atoms with Gasteiger partial charge in [-0.1, -0.05) is 0 Å². The topological polar surface area (TPSA) is 112 Å². The van der Waals surface area contributed by atoms with Crippen molar-refractivity contribution in [3.05, 3.63) is 81.3 Å². The Morgan fingerprint density at radius 3 is 2.74 bits per heavy atom. The molecule has 0 radical (unpaired) electrons. The Bertz CT molecular complexity index is 1060. The standard InChI is InChI=1S/C17H13F2N5O3/c18-12-3-6-14(19)11(7-12)9-20-16(26)15-17(27)24(23-22-15)21-8-10-1-4-13(25)5-2-10/h1-8,23,25H,9H2,(H,20,26). The summed E-state index contributed by atoms with van der Waals surface area (Å²) in [4.78, 5) is 24.9. The third kappa shape index (κ3) is 4.24. The van der Waals surface area contributed by atoms with Crippen LogP contribution in [0.3, 0.4) is 0 Å². The summed E-state index contributed by atoms with van der Waals surface area (Å²) in [6.45, 7) is -0.314. The Labute approximate surface area is 150 Å². The van der Waals surface area contributed by atoms with Gasteiger partial charge in [0.15, 0.2) is 0 Å². The van der Waals surface area contributed by atoms with Crippen molar-refractivity contribution in [2.75, 3.05) is 0 Å². The quantitative estimate of drug-likeness (QED) is 0.586. The van der Waals surface area contributed by atoms with E-state index in [1.54, 1.807) is 12.1 Å². The van der Waals surface area contributed by atoms with Gasteiger partial charge in [-0.3, -0.25) is 9.59 Å². The SMILES string of the molecule is O=C(NCc1cc(F)ccc1F)c1n[nH]n(N=Cc2ccc(O)cc2)c1=O. The Kier molecular flexibility index (Phi) is 5.06. The van der Waals surface area contributed by atoms with E-state index in [1.807, 2.05) is 0 Å². The van der Waals surface area contributed by atoms with Gasteiger partial charge in [-0.15, -0.1) is 9.89 Å². The molecule has 0 saturated heterocycles. The molecule has 0 unspecified atom stereocenters. The highest BCUT2D eigenvalue weighted by molar-refractivity contribution is 5.91. The number of rotatable bonds is 5. The molecule has 0 atom stereocenters. The summed E-state index contributed by atoms with van der Waals surface area (Å²) in [5, 5.41) is 21.2. The zero-order chi connectivity index (χ0) is 19.4. The number of carbonyl (C=O) groups is 1. The number of nitrogens with one attached hydrogen (secondary N) is 2. The fourth-order valence-corrected chi connectivity index (χ4v) is 2.14. The maximum atomic E-state index is 13.6. The van der Waals surface area contributed by atoms with Gasteiger partial charge in [0.05, 0.1) is 6.21 Å². The van der Waals surface area contributed by atoms with E-state index in [0.717, 1.165) is 23.0 Å². The first-order valence-corrected chi connectivity index (χ1v) is 7.67. The van der Waals surface area contributed by atoms with Gasteiger partial charge in [-0.2, -0.15) is 10.3 Å². The van der Waals surface area contributed by atoms with Crippen molar-refractivity contribution in [3.8, 4) is 5.75 Å². The van der Waals surface area contributed by atoms with E-state index in [-0.39, 0.29) is 17.9 Å². The molecule has 2 aromatic carbocycles. The maximum Gasteiger partial charge on any atom is 0.320 e. The normalized spacial score (nSPS) is 11.0. The number of aromatic amines is 1. The van der Waals surface area contributed by atoms with Gasteiger partial charge in [-0.05, 0) is 48.0 Å². The molecule has 10 heteroatoms. The highest BCUT2D eigenvalue weighted by Gasteiger charge is 2.17. The number of halogens is 2. The monoisotopic (exact) mass is 373 g/mol. The summed E-state index contributed by atoms with van der Waals surface area (Å²) in [6.07, 6.45) is 1.32. The molecule has 3 rings (SSSR count). The van der Waals surface area contributed by atoms with Crippen molar-refractivity contribution in [2.24, 2.45) is 5.10 Å². The zero-order valence-corrected chi connectivity index (χ0v) is 13.7. The number of H-pyrrole nitrogens is 1. The summed E-state index contributed by atoms with van der Waals surface area (Å²) in [5.41, 5.74) is -0.761. The zero-order valence-electron chi connectivity index (χ0n) is 13.7. The third-order valence-corrected chi connectivity index (χ3v) is 3.53. The fourth-order valence-electron chi connectivity index (χ4n) is 2.14. The molecule has 0 aliphatic carbocycles. The lowest BCUT2D eigenvalue weighted by Gasteiger charge is -2.04. The maximum absolute atomic E-state index is 13.6. The van der Waals surface area contributed by atoms with Gasteiger partial charge in [-0.25, -0.2) is 8.78 Å². The van der Waals surface area contributed by atoms with Crippen LogP contribution >= 0.6 is 0 Å². The number of nitrogens with zero attached hydrogens (tertiary/aromatic N) is 3. The summed E-state index contributed by atoms with van der Waals surface area (Å²) in [6, 6.07) is 8.88. The molecular weight excluding hydrogens is 360 g/mol. The van der Waals surface area contributed by atoms with Crippen LogP contribution in [0.4, 0.5) is 8.78 Å². The third-order valence-electron chi connectivity index (χ3n) is 3.53. The van der Waals surface area contributed by atoms with E-state index in [9.17, 15) is 23.5 Å². The van der Waals surface area contributed by atoms with E-state index >= 15 is 0 Å². The molecule has 0 bridgehead atoms. The molecule has 27 heavy (non-hydrogen) atoms. The molecule has 0 fully saturated rings. The second-order valence-electron chi connectivity index (χ2n) is 5.43. The summed E-state index contributed by atoms with van der Waals surface area (Å²) >= 11 is 0. The van der Waals surface area contributed by atoms with E-state index in [4.69, 9.17) is 0 Å². The van der Waals surface area contributed by atoms with E-state index in [1.165, 1.54) is 18.3 Å². The molecule has 138 valence electrons. The number of amides is 1. The number of hydrogen-bond acceptors (Lipinski definition) is 5. The number of hydrogen-bond donors (Lipinski definition) is 3. The second-order valence-corrected chi connectivity index (χ2v) is 5.43. The highest BCUT2D eigenvalue weighted by Crippen LogP contribution is 2.09. The van der Waals surface area contributed by atoms with Gasteiger partial charge in [0.2, 0.25) is 5.69 Å². The summed E-state index contributed by atoms with van der Waals surface area (Å²) in [7, 11) is 0. The highest BCUT2D eigenvalue weighted by atomic mass is 19.1. The molecule has 1 aromatic heterocycles. The first-order chi connectivity index (χ1) is 12.9. The predicted molar refractivity (Wildman–Crippen MR) is 91.5 cm³/mol. The first kappa shape index (κ1) is 18.0. The van der Waals surface area contributed by atoms with Crippen LogP contribution in [0.5, 0.6) is 5.75 Å². The van der Waals surface area contributed by atoms with Crippen molar-refractivity contribution in [1.29, 1.82) is 0 Å². The number of phenols is 1. The second kappa shape index (κ2) is 7.60. The van der Waals surface area contributed by atoms with Crippen LogP contribution in [0, 0.1) is 11.6 Å². The van der Waals surface area contributed by atoms with Gasteiger partial charge >= 0.3 is 5.56 Å². The molecule has 0 spiro atoms. The van der Waals surface area contributed by atoms with E-state index in [2.05, 4.69) is 20.7 Å². The molecule has 0 saturated carbocycles. The van der Waals surface area contributed by atoms with Crippen LogP contribution in [0.1, 0.15) is 21.6 Å². The Morgan fingerprint density at radius 1 is 1.26 bits per heavy atom. The molecule has 1 heterocycles. The van der Waals surface area contributed by atoms with Crippen LogP contribution in [-0.2, 0) is 6.54 Å². The molecular formula is C17H13F2N5O3. The Morgan fingerprint density at radius 2 is 2.00 bits per heavy atom. The molecule has 1 amide bonds. The molecule has 8 nitrogen and oxygen atoms in total. The van der Waals surface area contributed by atoms with Crippen LogP contribution in [0.2, 0.25) is 0 Å². The molecule has 0 aliphatic rings. The largest absolute Gasteiger partial charge is 0.508 e. The lowest BCUT2D eigenvalue weighted by Crippen LogP contribution is -2.29. The van der Waals surface area contributed by atoms with Crippen LogP contribution in [0.25, 0.3) is 0 Å². The molecule has 3 aromatic rings. The Balaban J connectivity index is 1.70. The number of phenolic OH excluding ortho intramolecular Hbond substituents is 1. The van der Waals surface area contributed by atoms with Crippen LogP contribution < -0.4 is 10.9 Å². The smallest absolute Gasteiger partial charge is 0.320 e. The minimum Gasteiger partial charge on any atom is -0.508 e. The average Bonchev–Trinajstić information content (AvgIpc) is 3.02. The number of aromatic nitrogens is 3. The van der Waals surface area contributed by atoms with Gasteiger partial charge in [0.25, 0.3) is 5.91 Å². The first-order valence-electron chi connectivity index (χ1n) is 7.67. The van der Waals surface area contributed by atoms with Crippen molar-refractivity contribution >= 4 is 12.1 Å². The van der Waals surface area contributed by atoms with E-state index < -0.39 is 28.8 Å². The van der Waals surface area contributed by atoms with Crippen molar-refractivity contribution < 1.29 is 18.7 Å². The van der Waals surface area contributed by atoms with Crippen LogP contribution in [-0.4, -0.2) is 32.3 Å². The molecule has 0 aliphatic heterocycles. The Hall–Kier alpha value is -3.82. The number of carbonyl (C=O) groups excluding carboxylic acids is 1. The van der Waals surface area contributed by atoms with Gasteiger partial charge < -0.3 is 10.4 Å². The van der Waals surface area contributed by atoms with E-state index in [0.29, 0.717) is 5.56 Å².